The first-order chi connectivity index (χ1) is 16.1. The van der Waals surface area contributed by atoms with Crippen molar-refractivity contribution >= 4 is 11.7 Å². The maximum absolute atomic E-state index is 11.8. The molecule has 1 aromatic heterocycles. The molecule has 33 heavy (non-hydrogen) atoms. The number of amides is 1. The van der Waals surface area contributed by atoms with Gasteiger partial charge in [-0.25, -0.2) is 9.97 Å². The number of carbonyl (C=O) groups excluding carboxylic acids is 1. The van der Waals surface area contributed by atoms with Crippen LogP contribution in [0.5, 0.6) is 5.75 Å². The van der Waals surface area contributed by atoms with E-state index >= 15 is 0 Å². The van der Waals surface area contributed by atoms with E-state index in [0.717, 1.165) is 67.7 Å². The maximum atomic E-state index is 11.8. The standard InChI is InChI=1S/C26H35N5O2/c1-18(32)31-13-11-24-23(17-31)26(27-2)29-25(28-24)20-10-12-30(16-20)15-19-6-5-9-22(14-19)33-21-7-3-4-8-21/h5-6,9,14,20-21H,3-4,7-8,10-13,15-17H2,1-2H3,(H,27,28,29). The summed E-state index contributed by atoms with van der Waals surface area (Å²) in [6.45, 7) is 5.90. The number of likely N-dealkylation sites (tertiary alicyclic amines) is 1. The summed E-state index contributed by atoms with van der Waals surface area (Å²) in [5, 5.41) is 3.25. The molecule has 2 aliphatic heterocycles. The summed E-state index contributed by atoms with van der Waals surface area (Å²) < 4.78 is 6.20. The van der Waals surface area contributed by atoms with Crippen molar-refractivity contribution in [1.29, 1.82) is 0 Å². The molecule has 1 aliphatic carbocycles. The monoisotopic (exact) mass is 449 g/mol. The molecule has 2 fully saturated rings. The largest absolute Gasteiger partial charge is 0.490 e. The lowest BCUT2D eigenvalue weighted by atomic mass is 10.0. The fourth-order valence-electron chi connectivity index (χ4n) is 5.45. The van der Waals surface area contributed by atoms with Crippen molar-refractivity contribution < 1.29 is 9.53 Å². The lowest BCUT2D eigenvalue weighted by molar-refractivity contribution is -0.129. The molecule has 3 aliphatic rings. The number of nitrogens with zero attached hydrogens (tertiary/aromatic N) is 4. The first kappa shape index (κ1) is 22.1. The van der Waals surface area contributed by atoms with Gasteiger partial charge in [0.1, 0.15) is 17.4 Å². The van der Waals surface area contributed by atoms with Gasteiger partial charge in [-0.1, -0.05) is 12.1 Å². The number of fused-ring (bicyclic) bond motifs is 1. The third-order valence-electron chi connectivity index (χ3n) is 7.31. The van der Waals surface area contributed by atoms with E-state index in [1.807, 2.05) is 11.9 Å². The number of nitrogens with one attached hydrogen (secondary N) is 1. The number of hydrogen-bond donors (Lipinski definition) is 1. The lowest BCUT2D eigenvalue weighted by Crippen LogP contribution is -2.35. The van der Waals surface area contributed by atoms with Gasteiger partial charge >= 0.3 is 0 Å². The molecule has 5 rings (SSSR count). The Morgan fingerprint density at radius 1 is 1.18 bits per heavy atom. The first-order valence-corrected chi connectivity index (χ1v) is 12.4. The van der Waals surface area contributed by atoms with E-state index in [-0.39, 0.29) is 5.91 Å². The van der Waals surface area contributed by atoms with Gasteiger partial charge in [-0.15, -0.1) is 0 Å². The Labute approximate surface area is 196 Å². The van der Waals surface area contributed by atoms with E-state index in [0.29, 0.717) is 18.6 Å². The number of carbonyl (C=O) groups is 1. The lowest BCUT2D eigenvalue weighted by Gasteiger charge is -2.29. The predicted molar refractivity (Wildman–Crippen MR) is 128 cm³/mol. The van der Waals surface area contributed by atoms with Crippen molar-refractivity contribution in [1.82, 2.24) is 19.8 Å². The number of anilines is 1. The van der Waals surface area contributed by atoms with Crippen molar-refractivity contribution in [3.8, 4) is 5.75 Å². The minimum absolute atomic E-state index is 0.107. The highest BCUT2D eigenvalue weighted by Gasteiger charge is 2.30. The normalized spacial score (nSPS) is 21.3. The third kappa shape index (κ3) is 4.98. The van der Waals surface area contributed by atoms with Gasteiger partial charge in [0.25, 0.3) is 0 Å². The van der Waals surface area contributed by atoms with Gasteiger partial charge in [0.05, 0.1) is 18.3 Å². The molecule has 0 spiro atoms. The molecule has 7 nitrogen and oxygen atoms in total. The van der Waals surface area contributed by atoms with Crippen LogP contribution in [0, 0.1) is 0 Å². The van der Waals surface area contributed by atoms with Gasteiger partial charge in [-0.3, -0.25) is 9.69 Å². The maximum Gasteiger partial charge on any atom is 0.219 e. The zero-order valence-corrected chi connectivity index (χ0v) is 19.8. The Kier molecular flexibility index (Phi) is 6.49. The van der Waals surface area contributed by atoms with Crippen molar-refractivity contribution in [3.05, 3.63) is 46.9 Å². The van der Waals surface area contributed by atoms with E-state index in [9.17, 15) is 4.79 Å². The molecule has 2 aromatic rings. The predicted octanol–water partition coefficient (Wildman–Crippen LogP) is 3.73. The van der Waals surface area contributed by atoms with Crippen LogP contribution in [0.3, 0.4) is 0 Å². The number of benzene rings is 1. The summed E-state index contributed by atoms with van der Waals surface area (Å²) in [6.07, 6.45) is 7.19. The van der Waals surface area contributed by atoms with Crippen LogP contribution in [0.25, 0.3) is 0 Å². The molecular weight excluding hydrogens is 414 g/mol. The highest BCUT2D eigenvalue weighted by molar-refractivity contribution is 5.74. The quantitative estimate of drug-likeness (QED) is 0.725. The molecule has 1 aromatic carbocycles. The minimum atomic E-state index is 0.107. The highest BCUT2D eigenvalue weighted by Crippen LogP contribution is 2.31. The van der Waals surface area contributed by atoms with Crippen LogP contribution in [0.15, 0.2) is 24.3 Å². The molecule has 1 saturated carbocycles. The van der Waals surface area contributed by atoms with E-state index in [2.05, 4.69) is 34.5 Å². The van der Waals surface area contributed by atoms with Crippen LogP contribution in [0.2, 0.25) is 0 Å². The molecule has 3 heterocycles. The molecule has 0 radical (unpaired) electrons. The second-order valence-electron chi connectivity index (χ2n) is 9.69. The highest BCUT2D eigenvalue weighted by atomic mass is 16.5. The minimum Gasteiger partial charge on any atom is -0.490 e. The first-order valence-electron chi connectivity index (χ1n) is 12.4. The fraction of sp³-hybridized carbons (Fsp3) is 0.577. The summed E-state index contributed by atoms with van der Waals surface area (Å²) in [5.41, 5.74) is 3.46. The van der Waals surface area contributed by atoms with Crippen molar-refractivity contribution in [2.75, 3.05) is 32.0 Å². The van der Waals surface area contributed by atoms with Gasteiger partial charge in [-0.2, -0.15) is 0 Å². The van der Waals surface area contributed by atoms with Crippen LogP contribution >= 0.6 is 0 Å². The van der Waals surface area contributed by atoms with Gasteiger partial charge in [0.15, 0.2) is 0 Å². The van der Waals surface area contributed by atoms with Crippen LogP contribution in [-0.2, 0) is 24.3 Å². The summed E-state index contributed by atoms with van der Waals surface area (Å²) in [6, 6.07) is 8.61. The summed E-state index contributed by atoms with van der Waals surface area (Å²) in [4.78, 5) is 26.1. The summed E-state index contributed by atoms with van der Waals surface area (Å²) in [5.74, 6) is 3.26. The summed E-state index contributed by atoms with van der Waals surface area (Å²) in [7, 11) is 1.90. The number of aromatic nitrogens is 2. The number of ether oxygens (including phenoxy) is 1. The molecule has 0 bridgehead atoms. The second-order valence-corrected chi connectivity index (χ2v) is 9.69. The Bertz CT molecular complexity index is 987. The van der Waals surface area contributed by atoms with Crippen molar-refractivity contribution in [2.45, 2.75) is 70.6 Å². The molecule has 1 saturated heterocycles. The van der Waals surface area contributed by atoms with Gasteiger partial charge in [-0.05, 0) is 56.3 Å². The van der Waals surface area contributed by atoms with E-state index < -0.39 is 0 Å². The Hall–Kier alpha value is -2.67. The molecule has 1 atom stereocenters. The van der Waals surface area contributed by atoms with Crippen LogP contribution in [0.4, 0.5) is 5.82 Å². The third-order valence-corrected chi connectivity index (χ3v) is 7.31. The molecule has 1 N–H and O–H groups in total. The second kappa shape index (κ2) is 9.67. The molecule has 176 valence electrons. The summed E-state index contributed by atoms with van der Waals surface area (Å²) >= 11 is 0. The van der Waals surface area contributed by atoms with Crippen LogP contribution in [-0.4, -0.2) is 58.5 Å². The van der Waals surface area contributed by atoms with Gasteiger partial charge < -0.3 is 15.0 Å². The number of hydrogen-bond acceptors (Lipinski definition) is 6. The van der Waals surface area contributed by atoms with Gasteiger partial charge in [0, 0.05) is 51.5 Å². The molecule has 7 heteroatoms. The van der Waals surface area contributed by atoms with Crippen molar-refractivity contribution in [2.24, 2.45) is 0 Å². The van der Waals surface area contributed by atoms with E-state index in [1.54, 1.807) is 6.92 Å². The van der Waals surface area contributed by atoms with Gasteiger partial charge in [0.2, 0.25) is 5.91 Å². The SMILES string of the molecule is CNc1nc(C2CCN(Cc3cccc(OC4CCCC4)c3)C2)nc2c1CN(C(C)=O)CC2. The zero-order valence-electron chi connectivity index (χ0n) is 19.8. The topological polar surface area (TPSA) is 70.6 Å². The van der Waals surface area contributed by atoms with Crippen LogP contribution < -0.4 is 10.1 Å². The molecule has 1 amide bonds. The van der Waals surface area contributed by atoms with E-state index in [1.165, 1.54) is 31.2 Å². The molecule has 1 unspecified atom stereocenters. The van der Waals surface area contributed by atoms with Crippen molar-refractivity contribution in [3.63, 3.8) is 0 Å². The Balaban J connectivity index is 1.25. The Morgan fingerprint density at radius 3 is 2.82 bits per heavy atom. The fourth-order valence-corrected chi connectivity index (χ4v) is 5.45. The Morgan fingerprint density at radius 2 is 2.03 bits per heavy atom. The average Bonchev–Trinajstić information content (AvgIpc) is 3.50. The number of rotatable bonds is 6. The molecular formula is C26H35N5O2. The van der Waals surface area contributed by atoms with Crippen LogP contribution in [0.1, 0.15) is 67.6 Å². The van der Waals surface area contributed by atoms with E-state index in [4.69, 9.17) is 14.7 Å². The average molecular weight is 450 g/mol. The smallest absolute Gasteiger partial charge is 0.219 e. The zero-order chi connectivity index (χ0) is 22.8.